The Morgan fingerprint density at radius 2 is 2.10 bits per heavy atom. The Hall–Kier alpha value is -1.75. The number of carbonyl (C=O) groups excluding carboxylic acids is 3. The minimum Gasteiger partial charge on any atom is -0.454 e. The van der Waals surface area contributed by atoms with E-state index in [-0.39, 0.29) is 23.9 Å². The van der Waals surface area contributed by atoms with Crippen molar-refractivity contribution in [1.82, 2.24) is 0 Å². The number of allylic oxidation sites excluding steroid dienone is 1. The molecule has 5 nitrogen and oxygen atoms in total. The molecule has 2 rings (SSSR count). The van der Waals surface area contributed by atoms with Gasteiger partial charge in [-0.1, -0.05) is 6.58 Å². The van der Waals surface area contributed by atoms with Crippen molar-refractivity contribution in [2.75, 3.05) is 0 Å². The fourth-order valence-electron chi connectivity index (χ4n) is 2.82. The van der Waals surface area contributed by atoms with Crippen LogP contribution in [0.3, 0.4) is 0 Å². The summed E-state index contributed by atoms with van der Waals surface area (Å²) in [5.41, 5.74) is 1.23. The normalized spacial score (nSPS) is 30.1. The van der Waals surface area contributed by atoms with E-state index in [2.05, 4.69) is 6.58 Å². The van der Waals surface area contributed by atoms with E-state index in [9.17, 15) is 19.5 Å². The predicted octanol–water partition coefficient (Wildman–Crippen LogP) is 1.10. The summed E-state index contributed by atoms with van der Waals surface area (Å²) < 4.78 is 5.27. The van der Waals surface area contributed by atoms with Crippen molar-refractivity contribution in [2.45, 2.75) is 45.3 Å². The van der Waals surface area contributed by atoms with Crippen LogP contribution in [0.4, 0.5) is 0 Å². The number of Topliss-reactive ketones (excluding diaryl/α,β-unsaturated/α-hetero) is 2. The van der Waals surface area contributed by atoms with E-state index in [0.29, 0.717) is 29.6 Å². The Labute approximate surface area is 117 Å². The Balaban J connectivity index is 2.29. The molecule has 0 aromatic rings. The minimum atomic E-state index is -0.911. The molecule has 0 aromatic heterocycles. The van der Waals surface area contributed by atoms with E-state index in [1.54, 1.807) is 6.92 Å². The molecular weight excluding hydrogens is 260 g/mol. The third-order valence-corrected chi connectivity index (χ3v) is 4.01. The summed E-state index contributed by atoms with van der Waals surface area (Å²) >= 11 is 0. The van der Waals surface area contributed by atoms with Crippen LogP contribution in [-0.2, 0) is 19.1 Å². The average Bonchev–Trinajstić information content (AvgIpc) is 2.76. The molecule has 0 radical (unpaired) electrons. The molecule has 1 N–H and O–H groups in total. The van der Waals surface area contributed by atoms with Gasteiger partial charge in [-0.15, -0.1) is 0 Å². The van der Waals surface area contributed by atoms with Crippen LogP contribution in [0.1, 0.15) is 33.1 Å². The zero-order valence-electron chi connectivity index (χ0n) is 11.6. The Bertz CT molecular complexity index is 528. The Morgan fingerprint density at radius 3 is 2.60 bits per heavy atom. The summed E-state index contributed by atoms with van der Waals surface area (Å²) in [6, 6.07) is 0. The lowest BCUT2D eigenvalue weighted by Gasteiger charge is -2.21. The number of hydrogen-bond donors (Lipinski definition) is 1. The summed E-state index contributed by atoms with van der Waals surface area (Å²) in [5, 5.41) is 9.99. The number of esters is 1. The highest BCUT2D eigenvalue weighted by molar-refractivity contribution is 6.00. The fourth-order valence-corrected chi connectivity index (χ4v) is 2.82. The maximum Gasteiger partial charge on any atom is 0.334 e. The highest BCUT2D eigenvalue weighted by atomic mass is 16.6. The lowest BCUT2D eigenvalue weighted by Crippen LogP contribution is -2.26. The van der Waals surface area contributed by atoms with Crippen molar-refractivity contribution < 1.29 is 24.2 Å². The lowest BCUT2D eigenvalue weighted by molar-refractivity contribution is -0.138. The predicted molar refractivity (Wildman–Crippen MR) is 70.8 cm³/mol. The van der Waals surface area contributed by atoms with E-state index in [1.807, 2.05) is 0 Å². The van der Waals surface area contributed by atoms with Gasteiger partial charge in [-0.05, 0) is 25.8 Å². The molecule has 1 aliphatic heterocycles. The minimum absolute atomic E-state index is 0.0182. The Morgan fingerprint density at radius 1 is 1.45 bits per heavy atom. The molecule has 0 saturated carbocycles. The van der Waals surface area contributed by atoms with Gasteiger partial charge in [0, 0.05) is 29.9 Å². The largest absolute Gasteiger partial charge is 0.454 e. The summed E-state index contributed by atoms with van der Waals surface area (Å²) in [6.07, 6.45) is -0.807. The first-order valence-electron chi connectivity index (χ1n) is 6.64. The summed E-state index contributed by atoms with van der Waals surface area (Å²) in [7, 11) is 0. The average molecular weight is 278 g/mol. The third kappa shape index (κ3) is 2.45. The van der Waals surface area contributed by atoms with Crippen molar-refractivity contribution in [3.8, 4) is 0 Å². The van der Waals surface area contributed by atoms with Gasteiger partial charge in [-0.3, -0.25) is 4.79 Å². The maximum atomic E-state index is 11.7. The molecule has 1 aliphatic carbocycles. The van der Waals surface area contributed by atoms with Crippen LogP contribution in [0, 0.1) is 5.92 Å². The second-order valence-electron chi connectivity index (χ2n) is 5.42. The standard InChI is InChI=1S/C15H18O5/c1-7(16)4-5-10-8(2)15(19)20-14(10)13-9(3)11(17)6-12(13)18/h10,12,14,18H,2,4-6H2,1,3H3. The first-order chi connectivity index (χ1) is 9.32. The van der Waals surface area contributed by atoms with Gasteiger partial charge in [0.15, 0.2) is 5.78 Å². The number of carbonyl (C=O) groups is 3. The fraction of sp³-hybridized carbons (Fsp3) is 0.533. The van der Waals surface area contributed by atoms with E-state index in [4.69, 9.17) is 4.74 Å². The molecule has 5 heteroatoms. The van der Waals surface area contributed by atoms with E-state index < -0.39 is 18.2 Å². The highest BCUT2D eigenvalue weighted by Gasteiger charge is 2.45. The van der Waals surface area contributed by atoms with Crippen LogP contribution < -0.4 is 0 Å². The maximum absolute atomic E-state index is 11.7. The van der Waals surface area contributed by atoms with E-state index >= 15 is 0 Å². The molecule has 0 amide bonds. The Kier molecular flexibility index (Phi) is 3.90. The lowest BCUT2D eigenvalue weighted by atomic mass is 9.86. The summed E-state index contributed by atoms with van der Waals surface area (Å²) in [4.78, 5) is 34.5. The molecule has 0 bridgehead atoms. The molecule has 1 saturated heterocycles. The molecule has 1 heterocycles. The molecule has 1 fully saturated rings. The van der Waals surface area contributed by atoms with Gasteiger partial charge in [-0.25, -0.2) is 4.79 Å². The zero-order chi connectivity index (χ0) is 15.0. The molecule has 108 valence electrons. The highest BCUT2D eigenvalue weighted by Crippen LogP contribution is 2.39. The molecule has 3 atom stereocenters. The smallest absolute Gasteiger partial charge is 0.334 e. The second kappa shape index (κ2) is 5.32. The summed E-state index contributed by atoms with van der Waals surface area (Å²) in [6.45, 7) is 6.82. The second-order valence-corrected chi connectivity index (χ2v) is 5.42. The summed E-state index contributed by atoms with van der Waals surface area (Å²) in [5.74, 6) is -0.983. The number of cyclic esters (lactones) is 1. The number of ether oxygens (including phenoxy) is 1. The molecule has 2 aliphatic rings. The molecule has 3 unspecified atom stereocenters. The van der Waals surface area contributed by atoms with Crippen LogP contribution in [0.5, 0.6) is 0 Å². The molecular formula is C15H18O5. The van der Waals surface area contributed by atoms with Crippen LogP contribution in [0.25, 0.3) is 0 Å². The van der Waals surface area contributed by atoms with Gasteiger partial charge in [-0.2, -0.15) is 0 Å². The monoisotopic (exact) mass is 278 g/mol. The number of aliphatic hydroxyl groups excluding tert-OH is 1. The number of ketones is 2. The van der Waals surface area contributed by atoms with Crippen molar-refractivity contribution in [2.24, 2.45) is 5.92 Å². The van der Waals surface area contributed by atoms with E-state index in [1.165, 1.54) is 6.92 Å². The van der Waals surface area contributed by atoms with Gasteiger partial charge in [0.05, 0.1) is 6.10 Å². The van der Waals surface area contributed by atoms with Gasteiger partial charge in [0.25, 0.3) is 0 Å². The zero-order valence-corrected chi connectivity index (χ0v) is 11.6. The van der Waals surface area contributed by atoms with Crippen LogP contribution in [-0.4, -0.2) is 34.9 Å². The quantitative estimate of drug-likeness (QED) is 0.615. The number of hydrogen-bond acceptors (Lipinski definition) is 5. The van der Waals surface area contributed by atoms with Crippen LogP contribution >= 0.6 is 0 Å². The molecule has 0 aromatic carbocycles. The van der Waals surface area contributed by atoms with Crippen molar-refractivity contribution in [3.05, 3.63) is 23.3 Å². The first kappa shape index (κ1) is 14.7. The molecule has 0 spiro atoms. The van der Waals surface area contributed by atoms with Crippen molar-refractivity contribution >= 4 is 17.5 Å². The third-order valence-electron chi connectivity index (χ3n) is 4.01. The molecule has 20 heavy (non-hydrogen) atoms. The number of rotatable bonds is 4. The van der Waals surface area contributed by atoms with Gasteiger partial charge >= 0.3 is 5.97 Å². The van der Waals surface area contributed by atoms with E-state index in [0.717, 1.165) is 0 Å². The first-order valence-corrected chi connectivity index (χ1v) is 6.64. The number of aliphatic hydroxyl groups is 1. The van der Waals surface area contributed by atoms with Crippen molar-refractivity contribution in [1.29, 1.82) is 0 Å². The van der Waals surface area contributed by atoms with Crippen molar-refractivity contribution in [3.63, 3.8) is 0 Å². The van der Waals surface area contributed by atoms with Gasteiger partial charge in [0.2, 0.25) is 0 Å². The van der Waals surface area contributed by atoms with Gasteiger partial charge < -0.3 is 14.6 Å². The topological polar surface area (TPSA) is 80.7 Å². The SMILES string of the molecule is C=C1C(=O)OC(C2=C(C)C(=O)CC2O)C1CCC(C)=O. The van der Waals surface area contributed by atoms with Crippen LogP contribution in [0.15, 0.2) is 23.3 Å². The van der Waals surface area contributed by atoms with Crippen LogP contribution in [0.2, 0.25) is 0 Å². The van der Waals surface area contributed by atoms with Gasteiger partial charge in [0.1, 0.15) is 11.9 Å².